The summed E-state index contributed by atoms with van der Waals surface area (Å²) in [5.74, 6) is -0.663. The Bertz CT molecular complexity index is 421. The lowest BCUT2D eigenvalue weighted by Gasteiger charge is -2.26. The summed E-state index contributed by atoms with van der Waals surface area (Å²) < 4.78 is 0. The summed E-state index contributed by atoms with van der Waals surface area (Å²) in [6.07, 6.45) is 0.0837. The Hall–Kier alpha value is -1.62. The van der Waals surface area contributed by atoms with Gasteiger partial charge >= 0.3 is 5.97 Å². The number of carboxylic acids is 1. The molecule has 5 heteroatoms. The molecule has 0 bridgehead atoms. The standard InChI is InChI=1S/C13H20N2O3/c1-4-15(10(3)7-13(17)18)8-11-12(16)6-5-9(2)14-11/h5-6,10,16H,4,7-8H2,1-3H3,(H,17,18). The summed E-state index contributed by atoms with van der Waals surface area (Å²) >= 11 is 0. The van der Waals surface area contributed by atoms with Crippen molar-refractivity contribution in [1.29, 1.82) is 0 Å². The van der Waals surface area contributed by atoms with Crippen molar-refractivity contribution in [3.05, 3.63) is 23.5 Å². The van der Waals surface area contributed by atoms with Crippen LogP contribution in [-0.2, 0) is 11.3 Å². The molecule has 100 valence electrons. The zero-order valence-corrected chi connectivity index (χ0v) is 11.1. The quantitative estimate of drug-likeness (QED) is 0.807. The van der Waals surface area contributed by atoms with Crippen molar-refractivity contribution in [2.75, 3.05) is 6.54 Å². The molecule has 0 saturated heterocycles. The topological polar surface area (TPSA) is 73.7 Å². The van der Waals surface area contributed by atoms with Gasteiger partial charge in [0.15, 0.2) is 0 Å². The Morgan fingerprint density at radius 1 is 1.50 bits per heavy atom. The van der Waals surface area contributed by atoms with Crippen LogP contribution in [-0.4, -0.2) is 38.7 Å². The number of pyridine rings is 1. The van der Waals surface area contributed by atoms with Gasteiger partial charge in [-0.2, -0.15) is 0 Å². The minimum atomic E-state index is -0.817. The lowest BCUT2D eigenvalue weighted by molar-refractivity contribution is -0.138. The summed E-state index contributed by atoms with van der Waals surface area (Å²) in [5, 5.41) is 18.5. The number of aliphatic carboxylic acids is 1. The zero-order chi connectivity index (χ0) is 13.7. The molecular formula is C13H20N2O3. The van der Waals surface area contributed by atoms with Crippen molar-refractivity contribution in [2.24, 2.45) is 0 Å². The first-order chi connectivity index (χ1) is 8.43. The number of hydrogen-bond donors (Lipinski definition) is 2. The van der Waals surface area contributed by atoms with E-state index in [1.54, 1.807) is 12.1 Å². The maximum atomic E-state index is 10.7. The molecule has 0 amide bonds. The zero-order valence-electron chi connectivity index (χ0n) is 11.1. The number of hydrogen-bond acceptors (Lipinski definition) is 4. The normalized spacial score (nSPS) is 12.7. The molecule has 0 aliphatic carbocycles. The maximum Gasteiger partial charge on any atom is 0.304 e. The second-order valence-electron chi connectivity index (χ2n) is 4.43. The largest absolute Gasteiger partial charge is 0.506 e. The smallest absolute Gasteiger partial charge is 0.304 e. The van der Waals surface area contributed by atoms with Crippen LogP contribution in [0.25, 0.3) is 0 Å². The lowest BCUT2D eigenvalue weighted by Crippen LogP contribution is -2.34. The molecule has 0 aromatic carbocycles. The Morgan fingerprint density at radius 3 is 2.72 bits per heavy atom. The highest BCUT2D eigenvalue weighted by atomic mass is 16.4. The predicted molar refractivity (Wildman–Crippen MR) is 68.4 cm³/mol. The third-order valence-electron chi connectivity index (χ3n) is 2.94. The number of carbonyl (C=O) groups is 1. The number of carboxylic acid groups (broad SMARTS) is 1. The van der Waals surface area contributed by atoms with E-state index in [1.165, 1.54) is 0 Å². The molecule has 1 atom stereocenters. The highest BCUT2D eigenvalue weighted by Gasteiger charge is 2.17. The molecule has 0 radical (unpaired) electrons. The van der Waals surface area contributed by atoms with Crippen LogP contribution in [0.15, 0.2) is 12.1 Å². The molecule has 0 fully saturated rings. The first-order valence-electron chi connectivity index (χ1n) is 6.05. The number of rotatable bonds is 6. The van der Waals surface area contributed by atoms with Gasteiger partial charge < -0.3 is 10.2 Å². The second-order valence-corrected chi connectivity index (χ2v) is 4.43. The fourth-order valence-electron chi connectivity index (χ4n) is 1.87. The summed E-state index contributed by atoms with van der Waals surface area (Å²) in [4.78, 5) is 17.0. The van der Waals surface area contributed by atoms with Crippen LogP contribution < -0.4 is 0 Å². The molecule has 1 unspecified atom stereocenters. The Kier molecular flexibility index (Phi) is 5.09. The van der Waals surface area contributed by atoms with Gasteiger partial charge in [-0.25, -0.2) is 0 Å². The van der Waals surface area contributed by atoms with Gasteiger partial charge in [-0.1, -0.05) is 6.92 Å². The fraction of sp³-hybridized carbons (Fsp3) is 0.538. The summed E-state index contributed by atoms with van der Waals surface area (Å²) in [5.41, 5.74) is 1.43. The second kappa shape index (κ2) is 6.35. The van der Waals surface area contributed by atoms with E-state index in [4.69, 9.17) is 5.11 Å². The van der Waals surface area contributed by atoms with Crippen molar-refractivity contribution in [3.63, 3.8) is 0 Å². The molecule has 0 saturated carbocycles. The summed E-state index contributed by atoms with van der Waals surface area (Å²) in [6.45, 7) is 6.86. The van der Waals surface area contributed by atoms with Crippen LogP contribution in [0.4, 0.5) is 0 Å². The predicted octanol–water partition coefficient (Wildman–Crippen LogP) is 1.78. The summed E-state index contributed by atoms with van der Waals surface area (Å²) in [6, 6.07) is 3.28. The number of aromatic hydroxyl groups is 1. The molecule has 0 aliphatic heterocycles. The van der Waals surface area contributed by atoms with Crippen molar-refractivity contribution in [2.45, 2.75) is 39.8 Å². The van der Waals surface area contributed by atoms with Gasteiger partial charge in [-0.15, -0.1) is 0 Å². The van der Waals surface area contributed by atoms with Crippen molar-refractivity contribution < 1.29 is 15.0 Å². The van der Waals surface area contributed by atoms with Crippen molar-refractivity contribution in [1.82, 2.24) is 9.88 Å². The SMILES string of the molecule is CCN(Cc1nc(C)ccc1O)C(C)CC(=O)O. The molecular weight excluding hydrogens is 232 g/mol. The van der Waals surface area contributed by atoms with E-state index >= 15 is 0 Å². The van der Waals surface area contributed by atoms with Gasteiger partial charge in [0.2, 0.25) is 0 Å². The van der Waals surface area contributed by atoms with E-state index in [-0.39, 0.29) is 18.2 Å². The van der Waals surface area contributed by atoms with E-state index in [2.05, 4.69) is 4.98 Å². The average Bonchev–Trinajstić information content (AvgIpc) is 2.29. The van der Waals surface area contributed by atoms with Gasteiger partial charge in [0.1, 0.15) is 5.75 Å². The monoisotopic (exact) mass is 252 g/mol. The number of nitrogens with zero attached hydrogens (tertiary/aromatic N) is 2. The van der Waals surface area contributed by atoms with Crippen molar-refractivity contribution >= 4 is 5.97 Å². The van der Waals surface area contributed by atoms with E-state index in [0.717, 1.165) is 5.69 Å². The van der Waals surface area contributed by atoms with Gasteiger partial charge in [-0.3, -0.25) is 14.7 Å². The molecule has 5 nitrogen and oxygen atoms in total. The van der Waals surface area contributed by atoms with E-state index in [0.29, 0.717) is 18.8 Å². The highest BCUT2D eigenvalue weighted by molar-refractivity contribution is 5.67. The highest BCUT2D eigenvalue weighted by Crippen LogP contribution is 2.18. The molecule has 1 aromatic rings. The Morgan fingerprint density at radius 2 is 2.17 bits per heavy atom. The molecule has 0 aliphatic rings. The van der Waals surface area contributed by atoms with Gasteiger partial charge in [0.05, 0.1) is 12.1 Å². The molecule has 2 N–H and O–H groups in total. The van der Waals surface area contributed by atoms with E-state index < -0.39 is 5.97 Å². The molecule has 0 spiro atoms. The van der Waals surface area contributed by atoms with Crippen molar-refractivity contribution in [3.8, 4) is 5.75 Å². The maximum absolute atomic E-state index is 10.7. The number of aryl methyl sites for hydroxylation is 1. The third-order valence-corrected chi connectivity index (χ3v) is 2.94. The number of aromatic nitrogens is 1. The van der Waals surface area contributed by atoms with E-state index in [1.807, 2.05) is 25.7 Å². The average molecular weight is 252 g/mol. The molecule has 1 rings (SSSR count). The van der Waals surface area contributed by atoms with E-state index in [9.17, 15) is 9.90 Å². The minimum absolute atomic E-state index is 0.0837. The molecule has 18 heavy (non-hydrogen) atoms. The molecule has 1 aromatic heterocycles. The van der Waals surface area contributed by atoms with Crippen LogP contribution in [0.5, 0.6) is 5.75 Å². The Labute approximate surface area is 107 Å². The summed E-state index contributed by atoms with van der Waals surface area (Å²) in [7, 11) is 0. The first-order valence-corrected chi connectivity index (χ1v) is 6.05. The van der Waals surface area contributed by atoms with Crippen LogP contribution >= 0.6 is 0 Å². The minimum Gasteiger partial charge on any atom is -0.506 e. The van der Waals surface area contributed by atoms with Gasteiger partial charge in [0.25, 0.3) is 0 Å². The lowest BCUT2D eigenvalue weighted by atomic mass is 10.2. The van der Waals surface area contributed by atoms with Crippen LogP contribution in [0.2, 0.25) is 0 Å². The Balaban J connectivity index is 2.79. The van der Waals surface area contributed by atoms with Crippen LogP contribution in [0, 0.1) is 6.92 Å². The third kappa shape index (κ3) is 4.00. The first kappa shape index (κ1) is 14.4. The van der Waals surface area contributed by atoms with Gasteiger partial charge in [-0.05, 0) is 32.5 Å². The fourth-order valence-corrected chi connectivity index (χ4v) is 1.87. The van der Waals surface area contributed by atoms with Crippen LogP contribution in [0.1, 0.15) is 31.7 Å². The molecule has 1 heterocycles. The van der Waals surface area contributed by atoms with Crippen LogP contribution in [0.3, 0.4) is 0 Å². The van der Waals surface area contributed by atoms with Gasteiger partial charge in [0, 0.05) is 18.3 Å².